The molecule has 0 unspecified atom stereocenters. The molecule has 39 heavy (non-hydrogen) atoms. The van der Waals surface area contributed by atoms with Gasteiger partial charge in [-0.1, -0.05) is 168 Å². The van der Waals surface area contributed by atoms with E-state index >= 15 is 0 Å². The third kappa shape index (κ3) is 19.6. The van der Waals surface area contributed by atoms with Gasteiger partial charge in [-0.3, -0.25) is 0 Å². The van der Waals surface area contributed by atoms with Crippen LogP contribution in [0.25, 0.3) is 0 Å². The molecule has 0 aromatic heterocycles. The Morgan fingerprint density at radius 1 is 0.436 bits per heavy atom. The molecule has 4 atom stereocenters. The first kappa shape index (κ1) is 36.9. The van der Waals surface area contributed by atoms with Crippen LogP contribution >= 0.6 is 0 Å². The maximum Gasteiger partial charge on any atom is 0.164 e. The Morgan fingerprint density at radius 3 is 0.923 bits per heavy atom. The van der Waals surface area contributed by atoms with Crippen molar-refractivity contribution in [1.82, 2.24) is 0 Å². The summed E-state index contributed by atoms with van der Waals surface area (Å²) < 4.78 is 12.2. The quantitative estimate of drug-likeness (QED) is 0.0944. The fraction of sp³-hybridized carbons (Fsp3) is 1.00. The first-order valence-electron chi connectivity index (χ1n) is 17.6. The Balaban J connectivity index is 2.12. The Hall–Kier alpha value is -0.160. The van der Waals surface area contributed by atoms with E-state index in [1.165, 1.54) is 128 Å². The monoisotopic (exact) mass is 555 g/mol. The molecule has 4 nitrogen and oxygen atoms in total. The summed E-state index contributed by atoms with van der Waals surface area (Å²) >= 11 is 0. The van der Waals surface area contributed by atoms with Crippen LogP contribution in [0.2, 0.25) is 0 Å². The van der Waals surface area contributed by atoms with E-state index in [9.17, 15) is 10.2 Å². The van der Waals surface area contributed by atoms with Gasteiger partial charge in [0.1, 0.15) is 12.2 Å². The number of ether oxygens (including phenoxy) is 2. The lowest BCUT2D eigenvalue weighted by molar-refractivity contribution is -0.161. The van der Waals surface area contributed by atoms with Crippen molar-refractivity contribution in [2.24, 2.45) is 0 Å². The topological polar surface area (TPSA) is 58.9 Å². The molecule has 2 N–H and O–H groups in total. The van der Waals surface area contributed by atoms with Gasteiger partial charge < -0.3 is 19.7 Å². The Bertz CT molecular complexity index is 479. The van der Waals surface area contributed by atoms with E-state index in [0.29, 0.717) is 0 Å². The van der Waals surface area contributed by atoms with E-state index in [1.54, 1.807) is 0 Å². The van der Waals surface area contributed by atoms with Crippen molar-refractivity contribution in [1.29, 1.82) is 0 Å². The fourth-order valence-electron chi connectivity index (χ4n) is 6.13. The van der Waals surface area contributed by atoms with Gasteiger partial charge in [-0.15, -0.1) is 0 Å². The van der Waals surface area contributed by atoms with E-state index in [0.717, 1.165) is 38.5 Å². The number of aliphatic hydroxyl groups is 2. The second-order valence-electron chi connectivity index (χ2n) is 13.1. The Morgan fingerprint density at radius 2 is 0.667 bits per heavy atom. The lowest BCUT2D eigenvalue weighted by atomic mass is 9.95. The summed E-state index contributed by atoms with van der Waals surface area (Å²) in [5, 5.41) is 21.8. The summed E-state index contributed by atoms with van der Waals surface area (Å²) in [6, 6.07) is 0. The molecule has 1 heterocycles. The van der Waals surface area contributed by atoms with Gasteiger partial charge in [-0.25, -0.2) is 0 Å². The molecule has 0 aromatic carbocycles. The first-order valence-corrected chi connectivity index (χ1v) is 17.6. The molecular weight excluding hydrogens is 484 g/mol. The normalized spacial score (nSPS) is 20.5. The molecule has 0 saturated carbocycles. The zero-order chi connectivity index (χ0) is 28.6. The van der Waals surface area contributed by atoms with Gasteiger partial charge in [0.05, 0.1) is 12.2 Å². The van der Waals surface area contributed by atoms with Gasteiger partial charge in [0.2, 0.25) is 0 Å². The summed E-state index contributed by atoms with van der Waals surface area (Å²) in [6.45, 7) is 8.34. The largest absolute Gasteiger partial charge is 0.390 e. The third-order valence-electron chi connectivity index (χ3n) is 8.63. The molecule has 1 rings (SSSR count). The molecular formula is C35H70O4. The highest BCUT2D eigenvalue weighted by Crippen LogP contribution is 2.34. The molecule has 4 heteroatoms. The van der Waals surface area contributed by atoms with Crippen molar-refractivity contribution in [2.45, 2.75) is 225 Å². The summed E-state index contributed by atoms with van der Waals surface area (Å²) in [7, 11) is 0. The molecule has 0 radical (unpaired) electrons. The van der Waals surface area contributed by atoms with Crippen molar-refractivity contribution in [3.63, 3.8) is 0 Å². The van der Waals surface area contributed by atoms with Crippen LogP contribution in [0.1, 0.15) is 195 Å². The lowest BCUT2D eigenvalue weighted by Gasteiger charge is -2.26. The number of hydrogen-bond donors (Lipinski definition) is 2. The molecule has 1 aliphatic rings. The maximum atomic E-state index is 10.9. The number of hydrogen-bond acceptors (Lipinski definition) is 4. The van der Waals surface area contributed by atoms with E-state index in [4.69, 9.17) is 9.47 Å². The van der Waals surface area contributed by atoms with Crippen LogP contribution in [0.4, 0.5) is 0 Å². The van der Waals surface area contributed by atoms with E-state index in [2.05, 4.69) is 13.8 Å². The van der Waals surface area contributed by atoms with Crippen LogP contribution in [0.15, 0.2) is 0 Å². The third-order valence-corrected chi connectivity index (χ3v) is 8.63. The predicted octanol–water partition coefficient (Wildman–Crippen LogP) is 10.4. The van der Waals surface area contributed by atoms with Gasteiger partial charge in [-0.2, -0.15) is 0 Å². The summed E-state index contributed by atoms with van der Waals surface area (Å²) in [6.07, 6.45) is 31.0. The second kappa shape index (κ2) is 24.4. The SMILES string of the molecule is CCCCCCCCCCCCCC[C@H](O)[C@@H]1OC(C)(C)O[C@H]1[C@@H](O)CCCCCCCCCCCCCC. The zero-order valence-electron chi connectivity index (χ0n) is 26.9. The first-order chi connectivity index (χ1) is 18.9. The average Bonchev–Trinajstić information content (AvgIpc) is 3.25. The molecule has 0 spiro atoms. The van der Waals surface area contributed by atoms with Gasteiger partial charge >= 0.3 is 0 Å². The molecule has 234 valence electrons. The number of unbranched alkanes of at least 4 members (excludes halogenated alkanes) is 22. The van der Waals surface area contributed by atoms with E-state index < -0.39 is 30.2 Å². The zero-order valence-corrected chi connectivity index (χ0v) is 26.9. The highest BCUT2D eigenvalue weighted by atomic mass is 16.8. The molecule has 1 aliphatic heterocycles. The highest BCUT2D eigenvalue weighted by Gasteiger charge is 2.47. The number of rotatable bonds is 28. The van der Waals surface area contributed by atoms with Crippen molar-refractivity contribution in [3.8, 4) is 0 Å². The van der Waals surface area contributed by atoms with E-state index in [-0.39, 0.29) is 0 Å². The number of aliphatic hydroxyl groups excluding tert-OH is 2. The van der Waals surface area contributed by atoms with Crippen molar-refractivity contribution in [2.75, 3.05) is 0 Å². The van der Waals surface area contributed by atoms with Crippen LogP contribution in [0.3, 0.4) is 0 Å². The van der Waals surface area contributed by atoms with Crippen LogP contribution in [0, 0.1) is 0 Å². The Kier molecular flexibility index (Phi) is 23.1. The van der Waals surface area contributed by atoms with Crippen molar-refractivity contribution < 1.29 is 19.7 Å². The van der Waals surface area contributed by atoms with Crippen molar-refractivity contribution >= 4 is 0 Å². The molecule has 0 amide bonds. The summed E-state index contributed by atoms with van der Waals surface area (Å²) in [4.78, 5) is 0. The van der Waals surface area contributed by atoms with Crippen LogP contribution in [0.5, 0.6) is 0 Å². The Labute approximate surface area is 244 Å². The van der Waals surface area contributed by atoms with Crippen LogP contribution in [-0.2, 0) is 9.47 Å². The van der Waals surface area contributed by atoms with Gasteiger partial charge in [0.25, 0.3) is 0 Å². The standard InChI is InChI=1S/C35H70O4/c1-5-7-9-11-13-15-17-19-21-23-25-27-29-31(36)33-34(39-35(3,4)38-33)32(37)30-28-26-24-22-20-18-16-14-12-10-8-6-2/h31-34,36-37H,5-30H2,1-4H3/t31-,32-,33-,34-/m0/s1. The minimum absolute atomic E-state index is 0.431. The van der Waals surface area contributed by atoms with Gasteiger partial charge in [0.15, 0.2) is 5.79 Å². The minimum atomic E-state index is -0.746. The lowest BCUT2D eigenvalue weighted by Crippen LogP contribution is -2.42. The molecule has 1 saturated heterocycles. The maximum absolute atomic E-state index is 10.9. The van der Waals surface area contributed by atoms with Crippen molar-refractivity contribution in [3.05, 3.63) is 0 Å². The van der Waals surface area contributed by atoms with Gasteiger partial charge in [0, 0.05) is 0 Å². The highest BCUT2D eigenvalue weighted by molar-refractivity contribution is 4.90. The van der Waals surface area contributed by atoms with E-state index in [1.807, 2.05) is 13.8 Å². The predicted molar refractivity (Wildman–Crippen MR) is 167 cm³/mol. The summed E-state index contributed by atoms with van der Waals surface area (Å²) in [5.41, 5.74) is 0. The van der Waals surface area contributed by atoms with Gasteiger partial charge in [-0.05, 0) is 26.7 Å². The molecule has 1 fully saturated rings. The molecule has 0 bridgehead atoms. The second-order valence-corrected chi connectivity index (χ2v) is 13.1. The molecule has 0 aliphatic carbocycles. The smallest absolute Gasteiger partial charge is 0.164 e. The average molecular weight is 555 g/mol. The van der Waals surface area contributed by atoms with Crippen LogP contribution < -0.4 is 0 Å². The fourth-order valence-corrected chi connectivity index (χ4v) is 6.13. The minimum Gasteiger partial charge on any atom is -0.390 e. The van der Waals surface area contributed by atoms with Crippen LogP contribution in [-0.4, -0.2) is 40.4 Å². The molecule has 0 aromatic rings. The summed E-state index contributed by atoms with van der Waals surface area (Å²) in [5.74, 6) is -0.746.